The number of nitrogens with one attached hydrogen (secondary N) is 2. The second kappa shape index (κ2) is 4.90. The van der Waals surface area contributed by atoms with Crippen LogP contribution in [0.15, 0.2) is 40.9 Å². The SMILES string of the molecule is Cc1ccc(NC2C(=O)Nc3cccc(Br)c32)c(F)c1. The van der Waals surface area contributed by atoms with Crippen molar-refractivity contribution in [1.82, 2.24) is 0 Å². The lowest BCUT2D eigenvalue weighted by atomic mass is 10.1. The van der Waals surface area contributed by atoms with E-state index in [1.807, 2.05) is 25.1 Å². The smallest absolute Gasteiger partial charge is 0.251 e. The number of amides is 1. The van der Waals surface area contributed by atoms with Crippen LogP contribution in [0.25, 0.3) is 0 Å². The summed E-state index contributed by atoms with van der Waals surface area (Å²) in [7, 11) is 0. The number of hydrogen-bond acceptors (Lipinski definition) is 2. The maximum atomic E-state index is 13.9. The lowest BCUT2D eigenvalue weighted by molar-refractivity contribution is -0.116. The second-order valence-corrected chi connectivity index (χ2v) is 5.61. The highest BCUT2D eigenvalue weighted by Crippen LogP contribution is 2.38. The van der Waals surface area contributed by atoms with E-state index >= 15 is 0 Å². The van der Waals surface area contributed by atoms with Gasteiger partial charge < -0.3 is 10.6 Å². The number of rotatable bonds is 2. The molecule has 0 aromatic heterocycles. The van der Waals surface area contributed by atoms with Crippen LogP contribution in [0.5, 0.6) is 0 Å². The van der Waals surface area contributed by atoms with Crippen LogP contribution in [0.1, 0.15) is 17.2 Å². The first-order valence-electron chi connectivity index (χ1n) is 6.18. The monoisotopic (exact) mass is 334 g/mol. The summed E-state index contributed by atoms with van der Waals surface area (Å²) in [6.07, 6.45) is 0. The van der Waals surface area contributed by atoms with Gasteiger partial charge in [0, 0.05) is 15.7 Å². The summed E-state index contributed by atoms with van der Waals surface area (Å²) in [6, 6.07) is 9.82. The van der Waals surface area contributed by atoms with Crippen molar-refractivity contribution in [2.75, 3.05) is 10.6 Å². The molecule has 1 heterocycles. The van der Waals surface area contributed by atoms with E-state index in [4.69, 9.17) is 0 Å². The van der Waals surface area contributed by atoms with Gasteiger partial charge in [-0.3, -0.25) is 4.79 Å². The number of benzene rings is 2. The van der Waals surface area contributed by atoms with Crippen LogP contribution in [-0.2, 0) is 4.79 Å². The summed E-state index contributed by atoms with van der Waals surface area (Å²) in [5.41, 5.74) is 2.71. The highest BCUT2D eigenvalue weighted by atomic mass is 79.9. The standard InChI is InChI=1S/C15H12BrFN2O/c1-8-5-6-11(10(17)7-8)18-14-13-9(16)3-2-4-12(13)19-15(14)20/h2-7,14,18H,1H3,(H,19,20). The van der Waals surface area contributed by atoms with Gasteiger partial charge in [0.05, 0.1) is 5.69 Å². The Morgan fingerprint density at radius 2 is 2.10 bits per heavy atom. The number of halogens is 2. The van der Waals surface area contributed by atoms with E-state index < -0.39 is 6.04 Å². The zero-order chi connectivity index (χ0) is 14.3. The highest BCUT2D eigenvalue weighted by Gasteiger charge is 2.32. The molecule has 0 aliphatic carbocycles. The third kappa shape index (κ3) is 2.18. The van der Waals surface area contributed by atoms with E-state index in [2.05, 4.69) is 26.6 Å². The topological polar surface area (TPSA) is 41.1 Å². The Bertz CT molecular complexity index is 702. The normalized spacial score (nSPS) is 16.8. The van der Waals surface area contributed by atoms with Gasteiger partial charge in [0.2, 0.25) is 0 Å². The molecule has 5 heteroatoms. The Morgan fingerprint density at radius 1 is 1.30 bits per heavy atom. The van der Waals surface area contributed by atoms with Crippen molar-refractivity contribution in [3.63, 3.8) is 0 Å². The van der Waals surface area contributed by atoms with Gasteiger partial charge in [0.25, 0.3) is 5.91 Å². The van der Waals surface area contributed by atoms with Crippen molar-refractivity contribution >= 4 is 33.2 Å². The summed E-state index contributed by atoms with van der Waals surface area (Å²) >= 11 is 3.43. The Labute approximate surface area is 124 Å². The first-order valence-corrected chi connectivity index (χ1v) is 6.97. The van der Waals surface area contributed by atoms with E-state index in [1.165, 1.54) is 6.07 Å². The molecule has 2 N–H and O–H groups in total. The zero-order valence-electron chi connectivity index (χ0n) is 10.7. The largest absolute Gasteiger partial charge is 0.368 e. The molecule has 1 aliphatic heterocycles. The molecule has 20 heavy (non-hydrogen) atoms. The lowest BCUT2D eigenvalue weighted by Crippen LogP contribution is -2.20. The number of carbonyl (C=O) groups is 1. The average Bonchev–Trinajstić information content (AvgIpc) is 2.70. The Balaban J connectivity index is 1.98. The molecule has 3 rings (SSSR count). The third-order valence-corrected chi connectivity index (χ3v) is 3.98. The van der Waals surface area contributed by atoms with Crippen LogP contribution in [0.4, 0.5) is 15.8 Å². The molecular formula is C15H12BrFN2O. The van der Waals surface area contributed by atoms with Gasteiger partial charge in [-0.1, -0.05) is 28.1 Å². The van der Waals surface area contributed by atoms with Gasteiger partial charge in [-0.25, -0.2) is 4.39 Å². The van der Waals surface area contributed by atoms with Crippen molar-refractivity contribution < 1.29 is 9.18 Å². The van der Waals surface area contributed by atoms with E-state index in [0.29, 0.717) is 5.69 Å². The molecule has 0 spiro atoms. The fraction of sp³-hybridized carbons (Fsp3) is 0.133. The number of anilines is 2. The minimum atomic E-state index is -0.599. The molecule has 1 amide bonds. The van der Waals surface area contributed by atoms with Crippen LogP contribution in [0, 0.1) is 12.7 Å². The van der Waals surface area contributed by atoms with Crippen LogP contribution in [0.3, 0.4) is 0 Å². The van der Waals surface area contributed by atoms with Crippen molar-refractivity contribution in [1.29, 1.82) is 0 Å². The van der Waals surface area contributed by atoms with E-state index in [1.54, 1.807) is 12.1 Å². The predicted molar refractivity (Wildman–Crippen MR) is 80.3 cm³/mol. The quantitative estimate of drug-likeness (QED) is 0.871. The minimum absolute atomic E-state index is 0.188. The maximum absolute atomic E-state index is 13.9. The Hall–Kier alpha value is -1.88. The molecule has 0 bridgehead atoms. The van der Waals surface area contributed by atoms with Gasteiger partial charge in [0.15, 0.2) is 0 Å². The Morgan fingerprint density at radius 3 is 2.85 bits per heavy atom. The summed E-state index contributed by atoms with van der Waals surface area (Å²) < 4.78 is 14.7. The number of aryl methyl sites for hydroxylation is 1. The second-order valence-electron chi connectivity index (χ2n) is 4.75. The maximum Gasteiger partial charge on any atom is 0.251 e. The summed E-state index contributed by atoms with van der Waals surface area (Å²) in [5.74, 6) is -0.551. The summed E-state index contributed by atoms with van der Waals surface area (Å²) in [6.45, 7) is 1.82. The summed E-state index contributed by atoms with van der Waals surface area (Å²) in [5, 5.41) is 5.75. The van der Waals surface area contributed by atoms with Gasteiger partial charge >= 0.3 is 0 Å². The van der Waals surface area contributed by atoms with Crippen LogP contribution < -0.4 is 10.6 Å². The van der Waals surface area contributed by atoms with Gasteiger partial charge in [0.1, 0.15) is 11.9 Å². The number of hydrogen-bond donors (Lipinski definition) is 2. The molecule has 1 aliphatic rings. The molecule has 0 saturated carbocycles. The molecule has 0 saturated heterocycles. The molecule has 3 nitrogen and oxygen atoms in total. The zero-order valence-corrected chi connectivity index (χ0v) is 12.3. The molecule has 2 aromatic carbocycles. The molecule has 1 unspecified atom stereocenters. The lowest BCUT2D eigenvalue weighted by Gasteiger charge is -2.15. The van der Waals surface area contributed by atoms with Crippen LogP contribution in [-0.4, -0.2) is 5.91 Å². The molecule has 2 aromatic rings. The fourth-order valence-electron chi connectivity index (χ4n) is 2.31. The van der Waals surface area contributed by atoms with Crippen molar-refractivity contribution in [2.24, 2.45) is 0 Å². The average molecular weight is 335 g/mol. The van der Waals surface area contributed by atoms with Crippen molar-refractivity contribution in [3.05, 3.63) is 57.8 Å². The fourth-order valence-corrected chi connectivity index (χ4v) is 2.90. The first-order chi connectivity index (χ1) is 9.56. The predicted octanol–water partition coefficient (Wildman–Crippen LogP) is 4.00. The van der Waals surface area contributed by atoms with Gasteiger partial charge in [-0.15, -0.1) is 0 Å². The highest BCUT2D eigenvalue weighted by molar-refractivity contribution is 9.10. The molecule has 102 valence electrons. The molecule has 0 fully saturated rings. The third-order valence-electron chi connectivity index (χ3n) is 3.29. The molecular weight excluding hydrogens is 323 g/mol. The van der Waals surface area contributed by atoms with Gasteiger partial charge in [-0.2, -0.15) is 0 Å². The van der Waals surface area contributed by atoms with Gasteiger partial charge in [-0.05, 0) is 36.8 Å². The van der Waals surface area contributed by atoms with Crippen molar-refractivity contribution in [3.8, 4) is 0 Å². The number of carbonyl (C=O) groups excluding carboxylic acids is 1. The Kier molecular flexibility index (Phi) is 3.22. The molecule has 0 radical (unpaired) electrons. The van der Waals surface area contributed by atoms with Crippen LogP contribution in [0.2, 0.25) is 0 Å². The summed E-state index contributed by atoms with van der Waals surface area (Å²) in [4.78, 5) is 12.0. The van der Waals surface area contributed by atoms with E-state index in [-0.39, 0.29) is 11.7 Å². The number of fused-ring (bicyclic) bond motifs is 1. The van der Waals surface area contributed by atoms with Crippen molar-refractivity contribution in [2.45, 2.75) is 13.0 Å². The first kappa shape index (κ1) is 13.1. The van der Waals surface area contributed by atoms with E-state index in [0.717, 1.165) is 21.3 Å². The van der Waals surface area contributed by atoms with E-state index in [9.17, 15) is 9.18 Å². The minimum Gasteiger partial charge on any atom is -0.368 e. The molecule has 1 atom stereocenters. The van der Waals surface area contributed by atoms with Crippen LogP contribution >= 0.6 is 15.9 Å².